The van der Waals surface area contributed by atoms with Crippen LogP contribution in [0.4, 0.5) is 0 Å². The monoisotopic (exact) mass is 210 g/mol. The van der Waals surface area contributed by atoms with Crippen LogP contribution >= 0.6 is 0 Å². The largest absolute Gasteiger partial charge is 0.390 e. The van der Waals surface area contributed by atoms with E-state index in [9.17, 15) is 15.0 Å². The van der Waals surface area contributed by atoms with Crippen LogP contribution < -0.4 is 5.73 Å². The smallest absolute Gasteiger partial charge is 0.150 e. The Hall–Kier alpha value is -1.30. The molecule has 0 aliphatic carbocycles. The predicted molar refractivity (Wildman–Crippen MR) is 54.3 cm³/mol. The number of aromatic nitrogens is 1. The third kappa shape index (κ3) is 3.09. The number of nitrogens with zero attached hydrogens (tertiary/aromatic N) is 1. The highest BCUT2D eigenvalue weighted by molar-refractivity contribution is 5.74. The zero-order valence-corrected chi connectivity index (χ0v) is 8.21. The Morgan fingerprint density at radius 3 is 2.87 bits per heavy atom. The lowest BCUT2D eigenvalue weighted by molar-refractivity contribution is 0.0125. The van der Waals surface area contributed by atoms with Crippen LogP contribution in [-0.4, -0.2) is 34.1 Å². The van der Waals surface area contributed by atoms with Crippen LogP contribution in [0.1, 0.15) is 28.6 Å². The van der Waals surface area contributed by atoms with Crippen LogP contribution in [0.3, 0.4) is 0 Å². The number of carbonyl (C=O) groups is 1. The van der Waals surface area contributed by atoms with Gasteiger partial charge in [-0.2, -0.15) is 0 Å². The van der Waals surface area contributed by atoms with Gasteiger partial charge in [-0.3, -0.25) is 9.78 Å². The molecule has 0 saturated carbocycles. The molecule has 0 spiro atoms. The highest BCUT2D eigenvalue weighted by Gasteiger charge is 2.18. The highest BCUT2D eigenvalue weighted by Crippen LogP contribution is 2.16. The third-order valence-corrected chi connectivity index (χ3v) is 2.07. The molecule has 15 heavy (non-hydrogen) atoms. The minimum Gasteiger partial charge on any atom is -0.390 e. The first-order chi connectivity index (χ1) is 7.19. The van der Waals surface area contributed by atoms with Gasteiger partial charge in [0, 0.05) is 11.8 Å². The first-order valence-corrected chi connectivity index (χ1v) is 4.66. The minimum absolute atomic E-state index is 0.278. The van der Waals surface area contributed by atoms with E-state index in [0.29, 0.717) is 11.8 Å². The molecule has 1 aromatic heterocycles. The van der Waals surface area contributed by atoms with Crippen molar-refractivity contribution >= 4 is 6.29 Å². The van der Waals surface area contributed by atoms with Crippen LogP contribution in [-0.2, 0) is 0 Å². The third-order valence-electron chi connectivity index (χ3n) is 2.07. The fourth-order valence-corrected chi connectivity index (χ4v) is 1.23. The van der Waals surface area contributed by atoms with Crippen LogP contribution in [0.5, 0.6) is 0 Å². The topological polar surface area (TPSA) is 96.4 Å². The summed E-state index contributed by atoms with van der Waals surface area (Å²) >= 11 is 0. The summed E-state index contributed by atoms with van der Waals surface area (Å²) in [4.78, 5) is 14.4. The van der Waals surface area contributed by atoms with Gasteiger partial charge in [-0.15, -0.1) is 0 Å². The lowest BCUT2D eigenvalue weighted by Crippen LogP contribution is -2.22. The van der Waals surface area contributed by atoms with E-state index in [1.807, 2.05) is 0 Å². The van der Waals surface area contributed by atoms with E-state index in [-0.39, 0.29) is 18.7 Å². The molecule has 0 fully saturated rings. The summed E-state index contributed by atoms with van der Waals surface area (Å²) in [6, 6.07) is 2.97. The summed E-state index contributed by atoms with van der Waals surface area (Å²) < 4.78 is 0. The number of carbonyl (C=O) groups excluding carboxylic acids is 1. The van der Waals surface area contributed by atoms with Gasteiger partial charge in [-0.25, -0.2) is 0 Å². The van der Waals surface area contributed by atoms with Crippen LogP contribution in [0.15, 0.2) is 18.3 Å². The number of rotatable bonds is 5. The van der Waals surface area contributed by atoms with Crippen molar-refractivity contribution in [1.82, 2.24) is 4.98 Å². The van der Waals surface area contributed by atoms with E-state index in [1.165, 1.54) is 18.3 Å². The molecule has 1 aromatic rings. The quantitative estimate of drug-likeness (QED) is 0.576. The van der Waals surface area contributed by atoms with Crippen LogP contribution in [0, 0.1) is 0 Å². The molecule has 0 bridgehead atoms. The summed E-state index contributed by atoms with van der Waals surface area (Å²) in [6.07, 6.45) is 0.302. The molecule has 0 saturated heterocycles. The van der Waals surface area contributed by atoms with E-state index >= 15 is 0 Å². The number of pyridine rings is 1. The maximum atomic E-state index is 10.5. The lowest BCUT2D eigenvalue weighted by Gasteiger charge is -2.16. The molecule has 2 unspecified atom stereocenters. The number of hydrogen-bond acceptors (Lipinski definition) is 5. The molecule has 4 N–H and O–H groups in total. The van der Waals surface area contributed by atoms with Gasteiger partial charge in [0.15, 0.2) is 0 Å². The lowest BCUT2D eigenvalue weighted by atomic mass is 10.1. The average molecular weight is 210 g/mol. The molecular formula is C10H14N2O3. The maximum absolute atomic E-state index is 10.5. The van der Waals surface area contributed by atoms with Gasteiger partial charge in [-0.1, -0.05) is 0 Å². The summed E-state index contributed by atoms with van der Waals surface area (Å²) in [5.41, 5.74) is 5.95. The Labute approximate surface area is 87.6 Å². The summed E-state index contributed by atoms with van der Waals surface area (Å²) in [5.74, 6) is 0. The van der Waals surface area contributed by atoms with E-state index in [2.05, 4.69) is 4.98 Å². The number of aliphatic hydroxyl groups is 2. The standard InChI is InChI=1S/C10H14N2O3/c11-3-1-9(14)10(15)8-5-7(6-13)2-4-12-8/h2,4-6,9-10,14-15H,1,3,11H2. The molecule has 1 heterocycles. The number of aldehydes is 1. The second kappa shape index (κ2) is 5.55. The van der Waals surface area contributed by atoms with Gasteiger partial charge in [0.25, 0.3) is 0 Å². The Kier molecular flexibility index (Phi) is 4.36. The van der Waals surface area contributed by atoms with E-state index in [0.717, 1.165) is 0 Å². The van der Waals surface area contributed by atoms with Gasteiger partial charge >= 0.3 is 0 Å². The SMILES string of the molecule is NCCC(O)C(O)c1cc(C=O)ccn1. The van der Waals surface area contributed by atoms with Crippen LogP contribution in [0.25, 0.3) is 0 Å². The van der Waals surface area contributed by atoms with Crippen molar-refractivity contribution < 1.29 is 15.0 Å². The Bertz CT molecular complexity index is 330. The van der Waals surface area contributed by atoms with Gasteiger partial charge in [0.05, 0.1) is 11.8 Å². The molecule has 1 rings (SSSR count). The second-order valence-electron chi connectivity index (χ2n) is 3.22. The molecule has 0 aliphatic rings. The normalized spacial score (nSPS) is 14.6. The zero-order chi connectivity index (χ0) is 11.3. The van der Waals surface area contributed by atoms with Gasteiger partial charge in [0.1, 0.15) is 12.4 Å². The summed E-state index contributed by atoms with van der Waals surface area (Å²) in [5, 5.41) is 19.1. The van der Waals surface area contributed by atoms with Crippen molar-refractivity contribution in [2.75, 3.05) is 6.54 Å². The van der Waals surface area contributed by atoms with Crippen molar-refractivity contribution in [2.45, 2.75) is 18.6 Å². The fourth-order valence-electron chi connectivity index (χ4n) is 1.23. The maximum Gasteiger partial charge on any atom is 0.150 e. The molecule has 2 atom stereocenters. The average Bonchev–Trinajstić information content (AvgIpc) is 2.28. The van der Waals surface area contributed by atoms with E-state index in [1.54, 1.807) is 0 Å². The molecule has 0 aliphatic heterocycles. The number of nitrogens with two attached hydrogens (primary N) is 1. The first kappa shape index (κ1) is 11.8. The Morgan fingerprint density at radius 2 is 2.27 bits per heavy atom. The molecular weight excluding hydrogens is 196 g/mol. The van der Waals surface area contributed by atoms with Crippen molar-refractivity contribution in [3.05, 3.63) is 29.6 Å². The van der Waals surface area contributed by atoms with E-state index in [4.69, 9.17) is 5.73 Å². The van der Waals surface area contributed by atoms with Crippen molar-refractivity contribution in [2.24, 2.45) is 5.73 Å². The van der Waals surface area contributed by atoms with Crippen molar-refractivity contribution in [3.8, 4) is 0 Å². The Morgan fingerprint density at radius 1 is 1.53 bits per heavy atom. The van der Waals surface area contributed by atoms with Crippen molar-refractivity contribution in [1.29, 1.82) is 0 Å². The molecule has 0 amide bonds. The van der Waals surface area contributed by atoms with Crippen LogP contribution in [0.2, 0.25) is 0 Å². The zero-order valence-electron chi connectivity index (χ0n) is 8.21. The molecule has 0 radical (unpaired) electrons. The second-order valence-corrected chi connectivity index (χ2v) is 3.22. The molecule has 5 nitrogen and oxygen atoms in total. The number of hydrogen-bond donors (Lipinski definition) is 3. The summed E-state index contributed by atoms with van der Waals surface area (Å²) in [6.45, 7) is 0.283. The first-order valence-electron chi connectivity index (χ1n) is 4.66. The predicted octanol–water partition coefficient (Wildman–Crippen LogP) is -0.363. The van der Waals surface area contributed by atoms with E-state index < -0.39 is 12.2 Å². The fraction of sp³-hybridized carbons (Fsp3) is 0.400. The Balaban J connectivity index is 2.80. The van der Waals surface area contributed by atoms with Gasteiger partial charge < -0.3 is 15.9 Å². The van der Waals surface area contributed by atoms with Crippen molar-refractivity contribution in [3.63, 3.8) is 0 Å². The highest BCUT2D eigenvalue weighted by atomic mass is 16.3. The molecule has 82 valence electrons. The minimum atomic E-state index is -1.10. The number of aliphatic hydroxyl groups excluding tert-OH is 2. The molecule has 5 heteroatoms. The van der Waals surface area contributed by atoms with Gasteiger partial charge in [-0.05, 0) is 25.1 Å². The van der Waals surface area contributed by atoms with Gasteiger partial charge in [0.2, 0.25) is 0 Å². The summed E-state index contributed by atoms with van der Waals surface area (Å²) in [7, 11) is 0. The molecule has 0 aromatic carbocycles.